The molecule has 0 spiro atoms. The van der Waals surface area contributed by atoms with E-state index in [9.17, 15) is 9.59 Å². The lowest BCUT2D eigenvalue weighted by Gasteiger charge is -2.21. The number of rotatable bonds is 5. The van der Waals surface area contributed by atoms with Crippen LogP contribution in [0.2, 0.25) is 0 Å². The molecule has 3 N–H and O–H groups in total. The number of amides is 2. The van der Waals surface area contributed by atoms with Gasteiger partial charge in [-0.15, -0.1) is 0 Å². The summed E-state index contributed by atoms with van der Waals surface area (Å²) >= 11 is 0. The van der Waals surface area contributed by atoms with E-state index in [1.807, 2.05) is 12.1 Å². The minimum atomic E-state index is -0.328. The van der Waals surface area contributed by atoms with Crippen LogP contribution in [0.3, 0.4) is 0 Å². The third-order valence-electron chi connectivity index (χ3n) is 3.29. The first-order chi connectivity index (χ1) is 9.74. The fourth-order valence-corrected chi connectivity index (χ4v) is 1.85. The molecule has 0 aromatic heterocycles. The summed E-state index contributed by atoms with van der Waals surface area (Å²) in [7, 11) is 1.72. The van der Waals surface area contributed by atoms with E-state index in [1.165, 1.54) is 5.56 Å². The van der Waals surface area contributed by atoms with E-state index in [0.29, 0.717) is 6.54 Å². The van der Waals surface area contributed by atoms with Gasteiger partial charge in [0.2, 0.25) is 11.8 Å². The van der Waals surface area contributed by atoms with Gasteiger partial charge in [0, 0.05) is 13.6 Å². The Hall–Kier alpha value is -1.88. The van der Waals surface area contributed by atoms with Crippen molar-refractivity contribution in [3.8, 4) is 0 Å². The molecular weight excluding hydrogens is 266 g/mol. The molecule has 0 heterocycles. The van der Waals surface area contributed by atoms with E-state index in [1.54, 1.807) is 11.9 Å². The third-order valence-corrected chi connectivity index (χ3v) is 3.29. The average molecular weight is 291 g/mol. The van der Waals surface area contributed by atoms with Crippen molar-refractivity contribution in [2.24, 2.45) is 5.73 Å². The van der Waals surface area contributed by atoms with Crippen molar-refractivity contribution in [2.75, 3.05) is 20.1 Å². The second-order valence-corrected chi connectivity index (χ2v) is 6.18. The molecule has 0 unspecified atom stereocenters. The maximum Gasteiger partial charge on any atom is 0.242 e. The molecule has 1 aromatic carbocycles. The van der Waals surface area contributed by atoms with Crippen molar-refractivity contribution in [1.29, 1.82) is 0 Å². The minimum Gasteiger partial charge on any atom is -0.346 e. The van der Waals surface area contributed by atoms with Gasteiger partial charge in [0.15, 0.2) is 0 Å². The molecule has 0 aliphatic carbocycles. The average Bonchev–Trinajstić information content (AvgIpc) is 2.43. The van der Waals surface area contributed by atoms with Gasteiger partial charge in [0.05, 0.1) is 13.1 Å². The molecule has 0 radical (unpaired) electrons. The normalized spacial score (nSPS) is 11.1. The topological polar surface area (TPSA) is 75.4 Å². The van der Waals surface area contributed by atoms with Crippen molar-refractivity contribution >= 4 is 11.8 Å². The quantitative estimate of drug-likeness (QED) is 0.850. The number of hydrogen-bond acceptors (Lipinski definition) is 3. The molecule has 1 rings (SSSR count). The first kappa shape index (κ1) is 17.2. The van der Waals surface area contributed by atoms with Crippen molar-refractivity contribution < 1.29 is 9.59 Å². The Balaban J connectivity index is 2.56. The van der Waals surface area contributed by atoms with E-state index >= 15 is 0 Å². The number of nitrogens with one attached hydrogen (secondary N) is 1. The molecule has 5 nitrogen and oxygen atoms in total. The highest BCUT2D eigenvalue weighted by atomic mass is 16.2. The molecule has 2 amide bonds. The highest BCUT2D eigenvalue weighted by molar-refractivity contribution is 5.85. The van der Waals surface area contributed by atoms with Crippen molar-refractivity contribution in [2.45, 2.75) is 32.7 Å². The molecule has 0 aliphatic heterocycles. The van der Waals surface area contributed by atoms with Crippen LogP contribution >= 0.6 is 0 Å². The van der Waals surface area contributed by atoms with Gasteiger partial charge in [-0.1, -0.05) is 45.0 Å². The summed E-state index contributed by atoms with van der Waals surface area (Å²) in [6.45, 7) is 6.88. The number of likely N-dealkylation sites (N-methyl/N-ethyl adjacent to an activating group) is 1. The summed E-state index contributed by atoms with van der Waals surface area (Å²) in [6.07, 6.45) is 0. The van der Waals surface area contributed by atoms with Crippen LogP contribution in [-0.4, -0.2) is 36.9 Å². The smallest absolute Gasteiger partial charge is 0.242 e. The monoisotopic (exact) mass is 291 g/mol. The zero-order valence-corrected chi connectivity index (χ0v) is 13.3. The number of nitrogens with zero attached hydrogens (tertiary/aromatic N) is 1. The molecule has 0 bridgehead atoms. The van der Waals surface area contributed by atoms with Gasteiger partial charge in [-0.2, -0.15) is 0 Å². The highest BCUT2D eigenvalue weighted by Gasteiger charge is 2.14. The van der Waals surface area contributed by atoms with E-state index < -0.39 is 0 Å². The van der Waals surface area contributed by atoms with E-state index in [0.717, 1.165) is 5.56 Å². The lowest BCUT2D eigenvalue weighted by Crippen LogP contribution is -2.40. The van der Waals surface area contributed by atoms with Gasteiger partial charge in [-0.05, 0) is 16.5 Å². The predicted molar refractivity (Wildman–Crippen MR) is 83.7 cm³/mol. The van der Waals surface area contributed by atoms with Crippen LogP contribution in [0.25, 0.3) is 0 Å². The molecule has 0 aliphatic rings. The SMILES string of the molecule is CN(Cc1ccc(C(C)(C)C)cc1)C(=O)CNC(=O)CN. The van der Waals surface area contributed by atoms with E-state index in [4.69, 9.17) is 5.73 Å². The Morgan fingerprint density at radius 3 is 2.24 bits per heavy atom. The van der Waals surface area contributed by atoms with Crippen molar-refractivity contribution in [3.63, 3.8) is 0 Å². The number of nitrogens with two attached hydrogens (primary N) is 1. The Bertz CT molecular complexity index is 489. The number of benzene rings is 1. The van der Waals surface area contributed by atoms with E-state index in [2.05, 4.69) is 38.2 Å². The lowest BCUT2D eigenvalue weighted by atomic mass is 9.87. The maximum atomic E-state index is 11.9. The van der Waals surface area contributed by atoms with Gasteiger partial charge in [0.1, 0.15) is 0 Å². The number of hydrogen-bond donors (Lipinski definition) is 2. The molecule has 0 atom stereocenters. The number of carbonyl (C=O) groups excluding carboxylic acids is 2. The Morgan fingerprint density at radius 2 is 1.76 bits per heavy atom. The standard InChI is InChI=1S/C16H25N3O2/c1-16(2,3)13-7-5-12(6-8-13)11-19(4)15(21)10-18-14(20)9-17/h5-8H,9-11,17H2,1-4H3,(H,18,20). The largest absolute Gasteiger partial charge is 0.346 e. The summed E-state index contributed by atoms with van der Waals surface area (Å²) in [5.74, 6) is -0.469. The molecular formula is C16H25N3O2. The Kier molecular flexibility index (Phi) is 5.90. The van der Waals surface area contributed by atoms with Crippen molar-refractivity contribution in [1.82, 2.24) is 10.2 Å². The van der Waals surface area contributed by atoms with Crippen LogP contribution < -0.4 is 11.1 Å². The Labute approximate surface area is 126 Å². The van der Waals surface area contributed by atoms with Gasteiger partial charge in [0.25, 0.3) is 0 Å². The molecule has 5 heteroatoms. The second-order valence-electron chi connectivity index (χ2n) is 6.18. The number of carbonyl (C=O) groups is 2. The van der Waals surface area contributed by atoms with Crippen LogP contribution in [0.5, 0.6) is 0 Å². The summed E-state index contributed by atoms with van der Waals surface area (Å²) < 4.78 is 0. The fraction of sp³-hybridized carbons (Fsp3) is 0.500. The summed E-state index contributed by atoms with van der Waals surface area (Å²) in [5, 5.41) is 2.47. The molecule has 1 aromatic rings. The molecule has 0 saturated carbocycles. The predicted octanol–water partition coefficient (Wildman–Crippen LogP) is 1.02. The molecule has 116 valence electrons. The van der Waals surface area contributed by atoms with Gasteiger partial charge in [-0.3, -0.25) is 9.59 Å². The van der Waals surface area contributed by atoms with Crippen LogP contribution in [0.1, 0.15) is 31.9 Å². The first-order valence-electron chi connectivity index (χ1n) is 7.04. The van der Waals surface area contributed by atoms with Gasteiger partial charge >= 0.3 is 0 Å². The fourth-order valence-electron chi connectivity index (χ4n) is 1.85. The highest BCUT2D eigenvalue weighted by Crippen LogP contribution is 2.22. The Morgan fingerprint density at radius 1 is 1.19 bits per heavy atom. The maximum absolute atomic E-state index is 11.9. The van der Waals surface area contributed by atoms with Crippen LogP contribution in [-0.2, 0) is 21.5 Å². The second kappa shape index (κ2) is 7.22. The molecule has 0 saturated heterocycles. The van der Waals surface area contributed by atoms with Gasteiger partial charge in [-0.25, -0.2) is 0 Å². The zero-order chi connectivity index (χ0) is 16.0. The summed E-state index contributed by atoms with van der Waals surface area (Å²) in [4.78, 5) is 24.5. The van der Waals surface area contributed by atoms with Gasteiger partial charge < -0.3 is 16.0 Å². The summed E-state index contributed by atoms with van der Waals surface area (Å²) in [5.41, 5.74) is 7.61. The van der Waals surface area contributed by atoms with Crippen LogP contribution in [0, 0.1) is 0 Å². The van der Waals surface area contributed by atoms with Crippen LogP contribution in [0.4, 0.5) is 0 Å². The minimum absolute atomic E-state index is 0.0212. The zero-order valence-electron chi connectivity index (χ0n) is 13.3. The van der Waals surface area contributed by atoms with Crippen molar-refractivity contribution in [3.05, 3.63) is 35.4 Å². The molecule has 21 heavy (non-hydrogen) atoms. The first-order valence-corrected chi connectivity index (χ1v) is 7.04. The van der Waals surface area contributed by atoms with Crippen LogP contribution in [0.15, 0.2) is 24.3 Å². The lowest BCUT2D eigenvalue weighted by molar-refractivity contribution is -0.131. The third kappa shape index (κ3) is 5.55. The van der Waals surface area contributed by atoms with E-state index in [-0.39, 0.29) is 30.3 Å². The summed E-state index contributed by atoms with van der Waals surface area (Å²) in [6, 6.07) is 8.24. The molecule has 0 fully saturated rings.